The van der Waals surface area contributed by atoms with Gasteiger partial charge < -0.3 is 4.90 Å². The van der Waals surface area contributed by atoms with Gasteiger partial charge in [0.2, 0.25) is 5.91 Å². The van der Waals surface area contributed by atoms with E-state index in [4.69, 9.17) is 0 Å². The fourth-order valence-electron chi connectivity index (χ4n) is 2.80. The van der Waals surface area contributed by atoms with Gasteiger partial charge in [0.05, 0.1) is 12.0 Å². The molecular formula is C13H13NO. The van der Waals surface area contributed by atoms with Crippen molar-refractivity contribution in [3.8, 4) is 0 Å². The number of benzene rings is 1. The van der Waals surface area contributed by atoms with Crippen LogP contribution in [0.3, 0.4) is 0 Å². The third-order valence-electron chi connectivity index (χ3n) is 3.49. The summed E-state index contributed by atoms with van der Waals surface area (Å²) in [5.74, 6) is 0.181. The number of amides is 1. The van der Waals surface area contributed by atoms with E-state index in [0.29, 0.717) is 0 Å². The molecule has 1 aromatic rings. The Morgan fingerprint density at radius 1 is 1.20 bits per heavy atom. The van der Waals surface area contributed by atoms with Crippen molar-refractivity contribution in [2.24, 2.45) is 0 Å². The smallest absolute Gasteiger partial charge is 0.234 e. The summed E-state index contributed by atoms with van der Waals surface area (Å²) in [5, 5.41) is 0. The molecule has 4 rings (SSSR count). The van der Waals surface area contributed by atoms with Crippen molar-refractivity contribution in [3.05, 3.63) is 47.0 Å². The SMILES string of the molecule is CC1=C[C@H]2C(=O)N(C)[C@@H]1c1ccccc12. The third kappa shape index (κ3) is 0.965. The Bertz CT molecular complexity index is 475. The zero-order valence-electron chi connectivity index (χ0n) is 8.90. The molecule has 2 aliphatic heterocycles. The summed E-state index contributed by atoms with van der Waals surface area (Å²) in [6, 6.07) is 8.42. The van der Waals surface area contributed by atoms with Gasteiger partial charge in [-0.3, -0.25) is 4.79 Å². The van der Waals surface area contributed by atoms with E-state index in [-0.39, 0.29) is 17.9 Å². The minimum Gasteiger partial charge on any atom is -0.334 e. The van der Waals surface area contributed by atoms with Crippen LogP contribution in [0.25, 0.3) is 0 Å². The van der Waals surface area contributed by atoms with Crippen molar-refractivity contribution < 1.29 is 4.79 Å². The molecule has 2 atom stereocenters. The Morgan fingerprint density at radius 3 is 2.60 bits per heavy atom. The monoisotopic (exact) mass is 199 g/mol. The number of carbonyl (C=O) groups is 1. The summed E-state index contributed by atoms with van der Waals surface area (Å²) < 4.78 is 0. The van der Waals surface area contributed by atoms with Crippen LogP contribution in [0.4, 0.5) is 0 Å². The van der Waals surface area contributed by atoms with Crippen molar-refractivity contribution in [1.82, 2.24) is 4.90 Å². The van der Waals surface area contributed by atoms with Crippen LogP contribution in [0.15, 0.2) is 35.9 Å². The molecule has 0 unspecified atom stereocenters. The van der Waals surface area contributed by atoms with Crippen LogP contribution < -0.4 is 0 Å². The number of likely N-dealkylation sites (N-methyl/N-ethyl adjacent to an activating group) is 1. The zero-order valence-corrected chi connectivity index (χ0v) is 8.90. The lowest BCUT2D eigenvalue weighted by molar-refractivity contribution is -0.133. The number of hydrogen-bond acceptors (Lipinski definition) is 1. The van der Waals surface area contributed by atoms with Crippen LogP contribution >= 0.6 is 0 Å². The Labute approximate surface area is 89.2 Å². The maximum Gasteiger partial charge on any atom is 0.234 e. The van der Waals surface area contributed by atoms with Crippen LogP contribution in [0.2, 0.25) is 0 Å². The minimum atomic E-state index is -0.0452. The van der Waals surface area contributed by atoms with E-state index in [9.17, 15) is 4.79 Å². The average molecular weight is 199 g/mol. The highest BCUT2D eigenvalue weighted by atomic mass is 16.2. The lowest BCUT2D eigenvalue weighted by atomic mass is 9.76. The molecule has 1 aromatic carbocycles. The summed E-state index contributed by atoms with van der Waals surface area (Å²) in [6.07, 6.45) is 2.11. The molecule has 0 fully saturated rings. The summed E-state index contributed by atoms with van der Waals surface area (Å²) in [4.78, 5) is 13.8. The number of nitrogens with zero attached hydrogens (tertiary/aromatic N) is 1. The first-order valence-corrected chi connectivity index (χ1v) is 5.24. The Hall–Kier alpha value is -1.57. The van der Waals surface area contributed by atoms with Crippen molar-refractivity contribution in [3.63, 3.8) is 0 Å². The van der Waals surface area contributed by atoms with E-state index in [1.54, 1.807) is 0 Å². The zero-order chi connectivity index (χ0) is 10.6. The van der Waals surface area contributed by atoms with E-state index in [2.05, 4.69) is 25.1 Å². The molecule has 0 N–H and O–H groups in total. The van der Waals surface area contributed by atoms with E-state index in [1.807, 2.05) is 24.1 Å². The van der Waals surface area contributed by atoms with E-state index < -0.39 is 0 Å². The second-order valence-corrected chi connectivity index (χ2v) is 4.37. The molecule has 2 heteroatoms. The molecule has 3 aliphatic rings. The highest BCUT2D eigenvalue weighted by molar-refractivity contribution is 5.90. The summed E-state index contributed by atoms with van der Waals surface area (Å²) in [7, 11) is 1.90. The summed E-state index contributed by atoms with van der Waals surface area (Å²) >= 11 is 0. The number of rotatable bonds is 0. The van der Waals surface area contributed by atoms with Crippen molar-refractivity contribution in [2.45, 2.75) is 18.9 Å². The molecule has 0 spiro atoms. The van der Waals surface area contributed by atoms with Crippen LogP contribution in [0, 0.1) is 0 Å². The largest absolute Gasteiger partial charge is 0.334 e. The van der Waals surface area contributed by atoms with Crippen molar-refractivity contribution >= 4 is 5.91 Å². The molecule has 0 saturated heterocycles. The van der Waals surface area contributed by atoms with Gasteiger partial charge in [-0.25, -0.2) is 0 Å². The fourth-order valence-corrected chi connectivity index (χ4v) is 2.80. The lowest BCUT2D eigenvalue weighted by Gasteiger charge is -2.43. The van der Waals surface area contributed by atoms with Gasteiger partial charge in [-0.1, -0.05) is 30.3 Å². The van der Waals surface area contributed by atoms with E-state index >= 15 is 0 Å². The Morgan fingerprint density at radius 2 is 1.87 bits per heavy atom. The molecule has 1 amide bonds. The van der Waals surface area contributed by atoms with Crippen molar-refractivity contribution in [1.29, 1.82) is 0 Å². The van der Waals surface area contributed by atoms with Crippen LogP contribution in [0.5, 0.6) is 0 Å². The molecular weight excluding hydrogens is 186 g/mol. The maximum absolute atomic E-state index is 12.0. The summed E-state index contributed by atoms with van der Waals surface area (Å²) in [5.41, 5.74) is 3.78. The Balaban J connectivity index is 2.28. The topological polar surface area (TPSA) is 20.3 Å². The predicted molar refractivity (Wildman–Crippen MR) is 58.5 cm³/mol. The molecule has 2 bridgehead atoms. The first-order chi connectivity index (χ1) is 7.20. The second-order valence-electron chi connectivity index (χ2n) is 4.37. The van der Waals surface area contributed by atoms with Gasteiger partial charge in [0.15, 0.2) is 0 Å². The highest BCUT2D eigenvalue weighted by Crippen LogP contribution is 2.45. The van der Waals surface area contributed by atoms with E-state index in [0.717, 1.165) is 0 Å². The second kappa shape index (κ2) is 2.72. The van der Waals surface area contributed by atoms with Crippen molar-refractivity contribution in [2.75, 3.05) is 7.05 Å². The standard InChI is InChI=1S/C13H13NO/c1-8-7-11-9-5-3-4-6-10(9)12(8)14(2)13(11)15/h3-7,11-12H,1-2H3/t11-,12+/m1/s1. The molecule has 2 heterocycles. The molecule has 76 valence electrons. The average Bonchev–Trinajstić information content (AvgIpc) is 2.24. The van der Waals surface area contributed by atoms with Gasteiger partial charge in [0.1, 0.15) is 0 Å². The molecule has 0 saturated carbocycles. The Kier molecular flexibility index (Phi) is 1.58. The number of carbonyl (C=O) groups excluding carboxylic acids is 1. The van der Waals surface area contributed by atoms with E-state index in [1.165, 1.54) is 16.7 Å². The van der Waals surface area contributed by atoms with Gasteiger partial charge >= 0.3 is 0 Å². The first-order valence-electron chi connectivity index (χ1n) is 5.24. The number of fused-ring (bicyclic) bond motifs is 1. The van der Waals surface area contributed by atoms with Gasteiger partial charge in [0, 0.05) is 7.05 Å². The van der Waals surface area contributed by atoms with Crippen LogP contribution in [0.1, 0.15) is 30.0 Å². The minimum absolute atomic E-state index is 0.0452. The molecule has 0 aromatic heterocycles. The number of hydrogen-bond donors (Lipinski definition) is 0. The maximum atomic E-state index is 12.0. The van der Waals surface area contributed by atoms with Gasteiger partial charge in [0.25, 0.3) is 0 Å². The normalized spacial score (nSPS) is 27.7. The molecule has 15 heavy (non-hydrogen) atoms. The molecule has 1 aliphatic carbocycles. The van der Waals surface area contributed by atoms with Gasteiger partial charge in [-0.2, -0.15) is 0 Å². The first kappa shape index (κ1) is 8.72. The summed E-state index contributed by atoms with van der Waals surface area (Å²) in [6.45, 7) is 2.11. The molecule has 2 nitrogen and oxygen atoms in total. The quantitative estimate of drug-likeness (QED) is 0.587. The highest BCUT2D eigenvalue weighted by Gasteiger charge is 2.41. The molecule has 0 radical (unpaired) electrons. The predicted octanol–water partition coefficient (Wildman–Crippen LogP) is 2.24. The lowest BCUT2D eigenvalue weighted by Crippen LogP contribution is -2.43. The van der Waals surface area contributed by atoms with Gasteiger partial charge in [-0.05, 0) is 23.6 Å². The van der Waals surface area contributed by atoms with Gasteiger partial charge in [-0.15, -0.1) is 0 Å². The third-order valence-corrected chi connectivity index (χ3v) is 3.49. The fraction of sp³-hybridized carbons (Fsp3) is 0.308. The van der Waals surface area contributed by atoms with Crippen LogP contribution in [-0.4, -0.2) is 17.9 Å². The van der Waals surface area contributed by atoms with Crippen LogP contribution in [-0.2, 0) is 4.79 Å².